The lowest BCUT2D eigenvalue weighted by molar-refractivity contribution is -0.122. The maximum atomic E-state index is 13.3. The zero-order chi connectivity index (χ0) is 24.7. The largest absolute Gasteiger partial charge is 0.478 e. The molecule has 2 heterocycles. The van der Waals surface area contributed by atoms with E-state index in [1.165, 1.54) is 29.3 Å². The standard InChI is InChI=1S/C26H23N3O4S/c1-14-8-9-21(10-15(14)2)28-16(3)11-19(17(28)4)13-22-23(30)27-26(34)29(24(22)31)20-7-5-6-18(12-20)25(32)33/h5-13H,1-4H3,(H,32,33)(H,27,30,34). The van der Waals surface area contributed by atoms with Gasteiger partial charge in [-0.05, 0) is 99.1 Å². The van der Waals surface area contributed by atoms with Crippen LogP contribution in [0.15, 0.2) is 54.1 Å². The molecule has 1 aliphatic heterocycles. The highest BCUT2D eigenvalue weighted by atomic mass is 32.1. The molecule has 1 aromatic heterocycles. The zero-order valence-corrected chi connectivity index (χ0v) is 20.0. The number of benzene rings is 2. The molecule has 2 amide bonds. The number of carbonyl (C=O) groups excluding carboxylic acids is 2. The Balaban J connectivity index is 1.77. The molecule has 1 aliphatic rings. The van der Waals surface area contributed by atoms with Crippen molar-refractivity contribution >= 4 is 46.9 Å². The summed E-state index contributed by atoms with van der Waals surface area (Å²) in [6.45, 7) is 8.00. The van der Waals surface area contributed by atoms with Crippen LogP contribution in [-0.2, 0) is 9.59 Å². The van der Waals surface area contributed by atoms with Gasteiger partial charge in [-0.15, -0.1) is 0 Å². The molecular weight excluding hydrogens is 450 g/mol. The second kappa shape index (κ2) is 8.72. The molecule has 172 valence electrons. The van der Waals surface area contributed by atoms with Gasteiger partial charge in [0.2, 0.25) is 0 Å². The van der Waals surface area contributed by atoms with Crippen molar-refractivity contribution in [2.75, 3.05) is 4.90 Å². The summed E-state index contributed by atoms with van der Waals surface area (Å²) in [5.74, 6) is -2.35. The molecule has 0 saturated carbocycles. The summed E-state index contributed by atoms with van der Waals surface area (Å²) in [6, 6.07) is 14.0. The van der Waals surface area contributed by atoms with E-state index in [2.05, 4.69) is 35.9 Å². The van der Waals surface area contributed by atoms with Crippen LogP contribution in [0.5, 0.6) is 0 Å². The normalized spacial score (nSPS) is 15.1. The molecule has 34 heavy (non-hydrogen) atoms. The Kier molecular flexibility index (Phi) is 5.93. The molecule has 7 nitrogen and oxygen atoms in total. The maximum absolute atomic E-state index is 13.3. The van der Waals surface area contributed by atoms with Crippen molar-refractivity contribution in [2.24, 2.45) is 0 Å². The first-order valence-electron chi connectivity index (χ1n) is 10.6. The number of aryl methyl sites for hydroxylation is 3. The summed E-state index contributed by atoms with van der Waals surface area (Å²) in [6.07, 6.45) is 1.55. The molecule has 2 N–H and O–H groups in total. The molecule has 8 heteroatoms. The zero-order valence-electron chi connectivity index (χ0n) is 19.2. The van der Waals surface area contributed by atoms with Crippen LogP contribution in [0.1, 0.15) is 38.4 Å². The highest BCUT2D eigenvalue weighted by molar-refractivity contribution is 7.80. The lowest BCUT2D eigenvalue weighted by atomic mass is 10.1. The fourth-order valence-corrected chi connectivity index (χ4v) is 4.30. The van der Waals surface area contributed by atoms with E-state index in [4.69, 9.17) is 12.2 Å². The van der Waals surface area contributed by atoms with Gasteiger partial charge in [0.25, 0.3) is 11.8 Å². The second-order valence-corrected chi connectivity index (χ2v) is 8.63. The average Bonchev–Trinajstić information content (AvgIpc) is 3.06. The molecule has 0 unspecified atom stereocenters. The molecule has 1 fully saturated rings. The number of nitrogens with zero attached hydrogens (tertiary/aromatic N) is 2. The van der Waals surface area contributed by atoms with Crippen LogP contribution in [0.25, 0.3) is 11.8 Å². The first-order valence-corrected chi connectivity index (χ1v) is 11.0. The van der Waals surface area contributed by atoms with Crippen LogP contribution in [0, 0.1) is 27.7 Å². The van der Waals surface area contributed by atoms with Crippen LogP contribution in [0.3, 0.4) is 0 Å². The van der Waals surface area contributed by atoms with Gasteiger partial charge in [0.1, 0.15) is 5.57 Å². The van der Waals surface area contributed by atoms with Gasteiger partial charge in [0, 0.05) is 17.1 Å². The fraction of sp³-hybridized carbons (Fsp3) is 0.154. The molecule has 0 radical (unpaired) electrons. The first-order chi connectivity index (χ1) is 16.1. The Labute approximate surface area is 202 Å². The van der Waals surface area contributed by atoms with Gasteiger partial charge in [-0.2, -0.15) is 0 Å². The summed E-state index contributed by atoms with van der Waals surface area (Å²) in [5.41, 5.74) is 6.10. The Bertz CT molecular complexity index is 1420. The molecular formula is C26H23N3O4S. The number of carboxylic acid groups (broad SMARTS) is 1. The van der Waals surface area contributed by atoms with Crippen LogP contribution in [0.4, 0.5) is 5.69 Å². The summed E-state index contributed by atoms with van der Waals surface area (Å²) >= 11 is 5.22. The maximum Gasteiger partial charge on any atom is 0.335 e. The van der Waals surface area contributed by atoms with Crippen molar-refractivity contribution in [2.45, 2.75) is 27.7 Å². The monoisotopic (exact) mass is 473 g/mol. The number of carboxylic acids is 1. The van der Waals surface area contributed by atoms with Crippen molar-refractivity contribution in [3.63, 3.8) is 0 Å². The number of hydrogen-bond acceptors (Lipinski definition) is 4. The highest BCUT2D eigenvalue weighted by Gasteiger charge is 2.35. The van der Waals surface area contributed by atoms with E-state index < -0.39 is 17.8 Å². The predicted molar refractivity (Wildman–Crippen MR) is 134 cm³/mol. The molecule has 0 spiro atoms. The average molecular weight is 474 g/mol. The van der Waals surface area contributed by atoms with E-state index in [1.807, 2.05) is 26.0 Å². The smallest absolute Gasteiger partial charge is 0.335 e. The minimum absolute atomic E-state index is 0.00691. The van der Waals surface area contributed by atoms with Gasteiger partial charge in [0.15, 0.2) is 5.11 Å². The third-order valence-electron chi connectivity index (χ3n) is 5.97. The number of amides is 2. The van der Waals surface area contributed by atoms with Gasteiger partial charge in [-0.25, -0.2) is 4.79 Å². The lowest BCUT2D eigenvalue weighted by Crippen LogP contribution is -2.54. The molecule has 1 saturated heterocycles. The van der Waals surface area contributed by atoms with Gasteiger partial charge in [-0.3, -0.25) is 19.8 Å². The van der Waals surface area contributed by atoms with Crippen molar-refractivity contribution in [3.8, 4) is 5.69 Å². The minimum Gasteiger partial charge on any atom is -0.478 e. The third kappa shape index (κ3) is 4.04. The minimum atomic E-state index is -1.13. The number of thiocarbonyl (C=S) groups is 1. The number of carbonyl (C=O) groups is 3. The van der Waals surface area contributed by atoms with E-state index in [0.717, 1.165) is 27.5 Å². The van der Waals surface area contributed by atoms with Crippen LogP contribution in [0.2, 0.25) is 0 Å². The Hall–Kier alpha value is -4.04. The Morgan fingerprint density at radius 1 is 0.971 bits per heavy atom. The first kappa shape index (κ1) is 23.1. The summed E-state index contributed by atoms with van der Waals surface area (Å²) in [7, 11) is 0. The summed E-state index contributed by atoms with van der Waals surface area (Å²) < 4.78 is 2.07. The van der Waals surface area contributed by atoms with Crippen molar-refractivity contribution in [1.82, 2.24) is 9.88 Å². The van der Waals surface area contributed by atoms with E-state index in [1.54, 1.807) is 12.1 Å². The highest BCUT2D eigenvalue weighted by Crippen LogP contribution is 2.27. The number of rotatable bonds is 4. The van der Waals surface area contributed by atoms with Crippen LogP contribution < -0.4 is 10.2 Å². The molecule has 4 rings (SSSR count). The van der Waals surface area contributed by atoms with Gasteiger partial charge in [-0.1, -0.05) is 12.1 Å². The Morgan fingerprint density at radius 2 is 1.71 bits per heavy atom. The van der Waals surface area contributed by atoms with Crippen LogP contribution in [-0.4, -0.2) is 32.6 Å². The quantitative estimate of drug-likeness (QED) is 0.336. The van der Waals surface area contributed by atoms with Crippen LogP contribution >= 0.6 is 12.2 Å². The molecule has 0 aliphatic carbocycles. The van der Waals surface area contributed by atoms with E-state index >= 15 is 0 Å². The SMILES string of the molecule is Cc1ccc(-n2c(C)cc(C=C3C(=O)NC(=S)N(c4cccc(C(=O)O)c4)C3=O)c2C)cc1C. The van der Waals surface area contributed by atoms with E-state index in [9.17, 15) is 19.5 Å². The van der Waals surface area contributed by atoms with Gasteiger partial charge < -0.3 is 9.67 Å². The number of nitrogens with one attached hydrogen (secondary N) is 1. The van der Waals surface area contributed by atoms with Crippen molar-refractivity contribution in [1.29, 1.82) is 0 Å². The van der Waals surface area contributed by atoms with Gasteiger partial charge in [0.05, 0.1) is 11.3 Å². The predicted octanol–water partition coefficient (Wildman–Crippen LogP) is 4.24. The molecule has 0 bridgehead atoms. The Morgan fingerprint density at radius 3 is 2.38 bits per heavy atom. The second-order valence-electron chi connectivity index (χ2n) is 8.24. The molecule has 2 aromatic carbocycles. The molecule has 3 aromatic rings. The fourth-order valence-electron chi connectivity index (χ4n) is 4.02. The summed E-state index contributed by atoms with van der Waals surface area (Å²) in [5, 5.41) is 11.7. The molecule has 0 atom stereocenters. The number of hydrogen-bond donors (Lipinski definition) is 2. The van der Waals surface area contributed by atoms with E-state index in [-0.39, 0.29) is 21.9 Å². The number of anilines is 1. The number of aromatic nitrogens is 1. The van der Waals surface area contributed by atoms with Gasteiger partial charge >= 0.3 is 5.97 Å². The lowest BCUT2D eigenvalue weighted by Gasteiger charge is -2.29. The van der Waals surface area contributed by atoms with E-state index in [0.29, 0.717) is 0 Å². The van der Waals surface area contributed by atoms with Crippen molar-refractivity contribution in [3.05, 3.63) is 87.7 Å². The van der Waals surface area contributed by atoms with Crippen molar-refractivity contribution < 1.29 is 19.5 Å². The summed E-state index contributed by atoms with van der Waals surface area (Å²) in [4.78, 5) is 38.6. The third-order valence-corrected chi connectivity index (χ3v) is 6.26. The number of aromatic carboxylic acids is 1. The topological polar surface area (TPSA) is 91.6 Å².